The Morgan fingerprint density at radius 1 is 1.53 bits per heavy atom. The van der Waals surface area contributed by atoms with E-state index in [1.807, 2.05) is 0 Å². The number of sulfone groups is 1. The molecule has 0 radical (unpaired) electrons. The monoisotopic (exact) mass is 234 g/mol. The molecule has 5 nitrogen and oxygen atoms in total. The van der Waals surface area contributed by atoms with Gasteiger partial charge in [0.2, 0.25) is 5.91 Å². The van der Waals surface area contributed by atoms with Crippen LogP contribution in [0.3, 0.4) is 0 Å². The van der Waals surface area contributed by atoms with Gasteiger partial charge >= 0.3 is 0 Å². The van der Waals surface area contributed by atoms with Crippen LogP contribution in [0.2, 0.25) is 0 Å². The average molecular weight is 234 g/mol. The van der Waals surface area contributed by atoms with E-state index in [1.54, 1.807) is 0 Å². The zero-order chi connectivity index (χ0) is 11.5. The Bertz CT molecular complexity index is 322. The Balaban J connectivity index is 2.40. The standard InChI is InChI=1S/C9H18N2O3S/c1-2-15(13,14)6-9(12)11-8(5-10)7-3-4-7/h7-8H,2-6,10H2,1H3,(H,11,12). The van der Waals surface area contributed by atoms with Crippen molar-refractivity contribution >= 4 is 15.7 Å². The van der Waals surface area contributed by atoms with Crippen LogP contribution in [-0.2, 0) is 14.6 Å². The molecule has 1 aliphatic carbocycles. The van der Waals surface area contributed by atoms with Crippen LogP contribution in [0.1, 0.15) is 19.8 Å². The number of rotatable bonds is 6. The van der Waals surface area contributed by atoms with Gasteiger partial charge in [0.25, 0.3) is 0 Å². The molecule has 1 unspecified atom stereocenters. The van der Waals surface area contributed by atoms with Crippen molar-refractivity contribution in [1.82, 2.24) is 5.32 Å². The third kappa shape index (κ3) is 4.17. The summed E-state index contributed by atoms with van der Waals surface area (Å²) in [6, 6.07) is -0.0513. The summed E-state index contributed by atoms with van der Waals surface area (Å²) < 4.78 is 22.3. The first kappa shape index (κ1) is 12.4. The highest BCUT2D eigenvalue weighted by molar-refractivity contribution is 7.92. The van der Waals surface area contributed by atoms with Crippen LogP contribution in [0.25, 0.3) is 0 Å². The molecule has 0 aliphatic heterocycles. The molecule has 1 amide bonds. The second-order valence-corrected chi connectivity index (χ2v) is 6.28. The second kappa shape index (κ2) is 4.94. The molecule has 0 bridgehead atoms. The van der Waals surface area contributed by atoms with Gasteiger partial charge in [-0.15, -0.1) is 0 Å². The number of hydrogen-bond acceptors (Lipinski definition) is 4. The van der Waals surface area contributed by atoms with Crippen molar-refractivity contribution in [3.05, 3.63) is 0 Å². The van der Waals surface area contributed by atoms with Crippen LogP contribution in [0.4, 0.5) is 0 Å². The van der Waals surface area contributed by atoms with Crippen LogP contribution in [0.15, 0.2) is 0 Å². The van der Waals surface area contributed by atoms with Gasteiger partial charge in [0.15, 0.2) is 9.84 Å². The van der Waals surface area contributed by atoms with Gasteiger partial charge in [0.05, 0.1) is 0 Å². The largest absolute Gasteiger partial charge is 0.351 e. The van der Waals surface area contributed by atoms with Crippen LogP contribution in [0.5, 0.6) is 0 Å². The highest BCUT2D eigenvalue weighted by atomic mass is 32.2. The number of nitrogens with one attached hydrogen (secondary N) is 1. The number of hydrogen-bond donors (Lipinski definition) is 2. The first-order valence-electron chi connectivity index (χ1n) is 5.18. The predicted octanol–water partition coefficient (Wildman–Crippen LogP) is -0.725. The van der Waals surface area contributed by atoms with Crippen LogP contribution < -0.4 is 11.1 Å². The van der Waals surface area contributed by atoms with Crippen LogP contribution in [-0.4, -0.2) is 38.4 Å². The summed E-state index contributed by atoms with van der Waals surface area (Å²) in [4.78, 5) is 11.4. The lowest BCUT2D eigenvalue weighted by Crippen LogP contribution is -2.44. The summed E-state index contributed by atoms with van der Waals surface area (Å²) in [7, 11) is -3.23. The normalized spacial score (nSPS) is 18.5. The van der Waals surface area contributed by atoms with E-state index in [2.05, 4.69) is 5.32 Å². The van der Waals surface area contributed by atoms with E-state index in [9.17, 15) is 13.2 Å². The van der Waals surface area contributed by atoms with Crippen LogP contribution in [0, 0.1) is 5.92 Å². The number of carbonyl (C=O) groups excluding carboxylic acids is 1. The SMILES string of the molecule is CCS(=O)(=O)CC(=O)NC(CN)C1CC1. The summed E-state index contributed by atoms with van der Waals surface area (Å²) in [6.45, 7) is 1.91. The van der Waals surface area contributed by atoms with E-state index in [4.69, 9.17) is 5.73 Å². The zero-order valence-corrected chi connectivity index (χ0v) is 9.72. The van der Waals surface area contributed by atoms with Crippen molar-refractivity contribution in [2.24, 2.45) is 11.7 Å². The summed E-state index contributed by atoms with van der Waals surface area (Å²) in [5.41, 5.74) is 5.49. The predicted molar refractivity (Wildman–Crippen MR) is 58.0 cm³/mol. The molecule has 0 aromatic carbocycles. The van der Waals surface area contributed by atoms with Crippen molar-refractivity contribution in [3.8, 4) is 0 Å². The zero-order valence-electron chi connectivity index (χ0n) is 8.90. The van der Waals surface area contributed by atoms with Gasteiger partial charge in [-0.1, -0.05) is 6.92 Å². The summed E-state index contributed by atoms with van der Waals surface area (Å²) in [5, 5.41) is 2.68. The van der Waals surface area contributed by atoms with Crippen molar-refractivity contribution in [1.29, 1.82) is 0 Å². The highest BCUT2D eigenvalue weighted by Gasteiger charge is 2.31. The molecule has 0 aromatic rings. The summed E-state index contributed by atoms with van der Waals surface area (Å²) in [5.74, 6) is -0.411. The van der Waals surface area contributed by atoms with E-state index < -0.39 is 21.5 Å². The van der Waals surface area contributed by atoms with Crippen molar-refractivity contribution in [2.75, 3.05) is 18.1 Å². The second-order valence-electron chi connectivity index (χ2n) is 3.92. The lowest BCUT2D eigenvalue weighted by atomic mass is 10.2. The Morgan fingerprint density at radius 2 is 2.13 bits per heavy atom. The number of amides is 1. The third-order valence-corrected chi connectivity index (χ3v) is 4.16. The summed E-state index contributed by atoms with van der Waals surface area (Å²) in [6.07, 6.45) is 2.14. The molecule has 3 N–H and O–H groups in total. The molecular formula is C9H18N2O3S. The third-order valence-electron chi connectivity index (χ3n) is 2.58. The van der Waals surface area contributed by atoms with Gasteiger partial charge < -0.3 is 11.1 Å². The molecule has 1 atom stereocenters. The Hall–Kier alpha value is -0.620. The fourth-order valence-electron chi connectivity index (χ4n) is 1.42. The first-order chi connectivity index (χ1) is 6.98. The molecule has 0 spiro atoms. The molecule has 1 saturated carbocycles. The quantitative estimate of drug-likeness (QED) is 0.634. The minimum absolute atomic E-state index is 0.00284. The summed E-state index contributed by atoms with van der Waals surface area (Å²) >= 11 is 0. The van der Waals surface area contributed by atoms with Gasteiger partial charge in [-0.2, -0.15) is 0 Å². The average Bonchev–Trinajstić information content (AvgIpc) is 2.97. The minimum Gasteiger partial charge on any atom is -0.351 e. The molecular weight excluding hydrogens is 216 g/mol. The first-order valence-corrected chi connectivity index (χ1v) is 7.00. The molecule has 15 heavy (non-hydrogen) atoms. The van der Waals surface area contributed by atoms with Crippen LogP contribution >= 0.6 is 0 Å². The topological polar surface area (TPSA) is 89.3 Å². The molecule has 0 saturated heterocycles. The Labute approximate surface area is 90.3 Å². The molecule has 0 aromatic heterocycles. The molecule has 88 valence electrons. The van der Waals surface area contributed by atoms with E-state index in [-0.39, 0.29) is 11.8 Å². The van der Waals surface area contributed by atoms with Gasteiger partial charge in [0, 0.05) is 18.3 Å². The maximum absolute atomic E-state index is 11.4. The van der Waals surface area contributed by atoms with Gasteiger partial charge in [0.1, 0.15) is 5.75 Å². The lowest BCUT2D eigenvalue weighted by Gasteiger charge is -2.15. The Kier molecular flexibility index (Phi) is 4.10. The maximum Gasteiger partial charge on any atom is 0.235 e. The smallest absolute Gasteiger partial charge is 0.235 e. The van der Waals surface area contributed by atoms with E-state index in [0.717, 1.165) is 12.8 Å². The molecule has 1 fully saturated rings. The number of nitrogens with two attached hydrogens (primary N) is 1. The van der Waals surface area contributed by atoms with Crippen molar-refractivity contribution in [3.63, 3.8) is 0 Å². The highest BCUT2D eigenvalue weighted by Crippen LogP contribution is 2.32. The Morgan fingerprint density at radius 3 is 2.53 bits per heavy atom. The van der Waals surface area contributed by atoms with E-state index in [0.29, 0.717) is 12.5 Å². The minimum atomic E-state index is -3.23. The number of carbonyl (C=O) groups is 1. The molecule has 1 rings (SSSR count). The lowest BCUT2D eigenvalue weighted by molar-refractivity contribution is -0.119. The van der Waals surface area contributed by atoms with Crippen molar-refractivity contribution < 1.29 is 13.2 Å². The van der Waals surface area contributed by atoms with E-state index in [1.165, 1.54) is 6.92 Å². The fraction of sp³-hybridized carbons (Fsp3) is 0.889. The van der Waals surface area contributed by atoms with E-state index >= 15 is 0 Å². The van der Waals surface area contributed by atoms with Crippen molar-refractivity contribution in [2.45, 2.75) is 25.8 Å². The maximum atomic E-state index is 11.4. The molecule has 0 heterocycles. The van der Waals surface area contributed by atoms with Gasteiger partial charge in [-0.3, -0.25) is 4.79 Å². The van der Waals surface area contributed by atoms with Gasteiger partial charge in [-0.25, -0.2) is 8.42 Å². The van der Waals surface area contributed by atoms with Gasteiger partial charge in [-0.05, 0) is 18.8 Å². The molecule has 1 aliphatic rings. The molecule has 6 heteroatoms. The fourth-order valence-corrected chi connectivity index (χ4v) is 2.10.